The zero-order valence-corrected chi connectivity index (χ0v) is 17.0. The van der Waals surface area contributed by atoms with Gasteiger partial charge in [0.25, 0.3) is 0 Å². The van der Waals surface area contributed by atoms with E-state index in [1.54, 1.807) is 11.3 Å². The van der Waals surface area contributed by atoms with Crippen LogP contribution in [0.1, 0.15) is 53.2 Å². The predicted octanol–water partition coefficient (Wildman–Crippen LogP) is 4.32. The van der Waals surface area contributed by atoms with Gasteiger partial charge in [0.2, 0.25) is 5.89 Å². The maximum Gasteiger partial charge on any atom is 0.244 e. The van der Waals surface area contributed by atoms with E-state index in [1.807, 2.05) is 23.7 Å². The normalized spacial score (nSPS) is 17.8. The molecule has 7 heteroatoms. The number of aromatic nitrogens is 3. The minimum Gasteiger partial charge on any atom is -0.376 e. The van der Waals surface area contributed by atoms with E-state index in [4.69, 9.17) is 9.26 Å². The first-order valence-electron chi connectivity index (χ1n) is 9.87. The Balaban J connectivity index is 1.32. The maximum atomic E-state index is 5.75. The highest BCUT2D eigenvalue weighted by Crippen LogP contribution is 2.32. The van der Waals surface area contributed by atoms with Gasteiger partial charge in [-0.2, -0.15) is 4.98 Å². The van der Waals surface area contributed by atoms with E-state index in [-0.39, 0.29) is 6.04 Å². The summed E-state index contributed by atoms with van der Waals surface area (Å²) in [5.41, 5.74) is 4.22. The van der Waals surface area contributed by atoms with Gasteiger partial charge in [0, 0.05) is 17.8 Å². The summed E-state index contributed by atoms with van der Waals surface area (Å²) in [7, 11) is 0. The highest BCUT2D eigenvalue weighted by molar-refractivity contribution is 7.09. The third kappa shape index (κ3) is 4.84. The highest BCUT2D eigenvalue weighted by Gasteiger charge is 2.29. The molecule has 28 heavy (non-hydrogen) atoms. The molecule has 6 nitrogen and oxygen atoms in total. The molecular weight excluding hydrogens is 372 g/mol. The van der Waals surface area contributed by atoms with E-state index >= 15 is 0 Å². The highest BCUT2D eigenvalue weighted by atomic mass is 32.1. The lowest BCUT2D eigenvalue weighted by Crippen LogP contribution is -2.33. The lowest BCUT2D eigenvalue weighted by Gasteiger charge is -2.32. The van der Waals surface area contributed by atoms with Crippen molar-refractivity contribution in [3.05, 3.63) is 63.7 Å². The number of hydrogen-bond donors (Lipinski definition) is 0. The molecule has 1 unspecified atom stereocenters. The Kier molecular flexibility index (Phi) is 6.46. The molecule has 1 aliphatic heterocycles. The molecule has 0 amide bonds. The van der Waals surface area contributed by atoms with Crippen LogP contribution >= 0.6 is 11.3 Å². The summed E-state index contributed by atoms with van der Waals surface area (Å²) in [6, 6.07) is 10.4. The number of aryl methyl sites for hydroxylation is 1. The van der Waals surface area contributed by atoms with Crippen LogP contribution in [0.2, 0.25) is 0 Å². The second-order valence-corrected chi connectivity index (χ2v) is 8.12. The van der Waals surface area contributed by atoms with E-state index in [0.29, 0.717) is 19.6 Å². The number of rotatable bonds is 8. The van der Waals surface area contributed by atoms with Crippen molar-refractivity contribution in [2.24, 2.45) is 0 Å². The fraction of sp³-hybridized carbons (Fsp3) is 0.476. The summed E-state index contributed by atoms with van der Waals surface area (Å²) < 4.78 is 11.4. The number of hydrogen-bond acceptors (Lipinski definition) is 7. The molecule has 0 bridgehead atoms. The molecule has 0 saturated carbocycles. The van der Waals surface area contributed by atoms with Crippen molar-refractivity contribution in [2.45, 2.75) is 51.8 Å². The van der Waals surface area contributed by atoms with E-state index in [2.05, 4.69) is 39.1 Å². The molecule has 1 fully saturated rings. The van der Waals surface area contributed by atoms with E-state index in [9.17, 15) is 0 Å². The summed E-state index contributed by atoms with van der Waals surface area (Å²) in [4.78, 5) is 12.8. The molecule has 3 aromatic rings. The van der Waals surface area contributed by atoms with Crippen LogP contribution in [0, 0.1) is 6.92 Å². The van der Waals surface area contributed by atoms with Crippen LogP contribution in [0.4, 0.5) is 0 Å². The van der Waals surface area contributed by atoms with Gasteiger partial charge in [0.05, 0.1) is 30.5 Å². The van der Waals surface area contributed by atoms with Gasteiger partial charge in [-0.1, -0.05) is 41.9 Å². The zero-order valence-electron chi connectivity index (χ0n) is 16.2. The number of ether oxygens (including phenoxy) is 1. The minimum atomic E-state index is 0.196. The fourth-order valence-electron chi connectivity index (χ4n) is 3.55. The number of nitrogens with zero attached hydrogens (tertiary/aromatic N) is 4. The standard InChI is InChI=1S/C21H26N4O2S/c1-16-19(28-15-22-16)13-25-11-6-5-9-18(25)21-23-20(24-27-21)10-12-26-14-17-7-3-2-4-8-17/h2-4,7-8,15,18H,5-6,9-14H2,1H3. The molecule has 148 valence electrons. The van der Waals surface area contributed by atoms with Crippen LogP contribution < -0.4 is 0 Å². The van der Waals surface area contributed by atoms with Crippen molar-refractivity contribution in [3.8, 4) is 0 Å². The first-order chi connectivity index (χ1) is 13.8. The van der Waals surface area contributed by atoms with Gasteiger partial charge in [0.15, 0.2) is 5.82 Å². The van der Waals surface area contributed by atoms with Crippen molar-refractivity contribution in [3.63, 3.8) is 0 Å². The predicted molar refractivity (Wildman–Crippen MR) is 108 cm³/mol. The van der Waals surface area contributed by atoms with Crippen LogP contribution in [0.5, 0.6) is 0 Å². The smallest absolute Gasteiger partial charge is 0.244 e. The first-order valence-corrected chi connectivity index (χ1v) is 10.7. The first kappa shape index (κ1) is 19.2. The average Bonchev–Trinajstić information content (AvgIpc) is 3.36. The van der Waals surface area contributed by atoms with Crippen molar-refractivity contribution in [1.82, 2.24) is 20.0 Å². The van der Waals surface area contributed by atoms with Crippen LogP contribution in [0.25, 0.3) is 0 Å². The molecule has 0 spiro atoms. The van der Waals surface area contributed by atoms with E-state index in [0.717, 1.165) is 36.9 Å². The van der Waals surface area contributed by atoms with E-state index in [1.165, 1.54) is 23.3 Å². The van der Waals surface area contributed by atoms with Crippen LogP contribution in [-0.4, -0.2) is 33.2 Å². The summed E-state index contributed by atoms with van der Waals surface area (Å²) in [6.07, 6.45) is 4.13. The molecule has 0 radical (unpaired) electrons. The zero-order chi connectivity index (χ0) is 19.2. The second kappa shape index (κ2) is 9.41. The van der Waals surface area contributed by atoms with Crippen LogP contribution in [0.3, 0.4) is 0 Å². The molecule has 3 heterocycles. The van der Waals surface area contributed by atoms with Gasteiger partial charge in [-0.25, -0.2) is 4.98 Å². The maximum absolute atomic E-state index is 5.75. The molecule has 1 aliphatic rings. The van der Waals surface area contributed by atoms with Gasteiger partial charge in [-0.05, 0) is 31.9 Å². The molecule has 4 rings (SSSR count). The molecule has 1 saturated heterocycles. The molecule has 0 N–H and O–H groups in total. The Bertz CT molecular complexity index is 864. The number of thiazole rings is 1. The van der Waals surface area contributed by atoms with Crippen molar-refractivity contribution in [1.29, 1.82) is 0 Å². The molecule has 1 aromatic carbocycles. The van der Waals surface area contributed by atoms with Crippen molar-refractivity contribution < 1.29 is 9.26 Å². The summed E-state index contributed by atoms with van der Waals surface area (Å²) in [5, 5.41) is 4.18. The topological polar surface area (TPSA) is 64.3 Å². The summed E-state index contributed by atoms with van der Waals surface area (Å²) >= 11 is 1.72. The molecule has 0 aliphatic carbocycles. The van der Waals surface area contributed by atoms with Crippen molar-refractivity contribution >= 4 is 11.3 Å². The third-order valence-corrected chi connectivity index (χ3v) is 6.08. The SMILES string of the molecule is Cc1ncsc1CN1CCCCC1c1nc(CCOCc2ccccc2)no1. The number of benzene rings is 1. The van der Waals surface area contributed by atoms with Crippen LogP contribution in [0.15, 0.2) is 40.4 Å². The largest absolute Gasteiger partial charge is 0.376 e. The molecule has 1 atom stereocenters. The Morgan fingerprint density at radius 1 is 1.25 bits per heavy atom. The van der Waals surface area contributed by atoms with Gasteiger partial charge in [-0.15, -0.1) is 11.3 Å². The Morgan fingerprint density at radius 2 is 2.14 bits per heavy atom. The van der Waals surface area contributed by atoms with Gasteiger partial charge in [-0.3, -0.25) is 4.90 Å². The number of piperidine rings is 1. The van der Waals surface area contributed by atoms with E-state index < -0.39 is 0 Å². The summed E-state index contributed by atoms with van der Waals surface area (Å²) in [6.45, 7) is 5.22. The van der Waals surface area contributed by atoms with Gasteiger partial charge < -0.3 is 9.26 Å². The third-order valence-electron chi connectivity index (χ3n) is 5.16. The number of likely N-dealkylation sites (tertiary alicyclic amines) is 1. The average molecular weight is 399 g/mol. The van der Waals surface area contributed by atoms with Crippen molar-refractivity contribution in [2.75, 3.05) is 13.2 Å². The minimum absolute atomic E-state index is 0.196. The Morgan fingerprint density at radius 3 is 2.96 bits per heavy atom. The van der Waals surface area contributed by atoms with Gasteiger partial charge >= 0.3 is 0 Å². The monoisotopic (exact) mass is 398 g/mol. The molecular formula is C21H26N4O2S. The van der Waals surface area contributed by atoms with Crippen LogP contribution in [-0.2, 0) is 24.3 Å². The Hall–Kier alpha value is -2.09. The molecule has 2 aromatic heterocycles. The van der Waals surface area contributed by atoms with Gasteiger partial charge in [0.1, 0.15) is 0 Å². The lowest BCUT2D eigenvalue weighted by atomic mass is 10.0. The Labute approximate surface area is 169 Å². The summed E-state index contributed by atoms with van der Waals surface area (Å²) in [5.74, 6) is 1.46. The second-order valence-electron chi connectivity index (χ2n) is 7.18. The lowest BCUT2D eigenvalue weighted by molar-refractivity contribution is 0.112. The fourth-order valence-corrected chi connectivity index (χ4v) is 4.36. The quantitative estimate of drug-likeness (QED) is 0.527.